The van der Waals surface area contributed by atoms with Gasteiger partial charge in [-0.2, -0.15) is 4.99 Å². The summed E-state index contributed by atoms with van der Waals surface area (Å²) in [5, 5.41) is 0. The van der Waals surface area contributed by atoms with Crippen LogP contribution in [0.4, 0.5) is 0 Å². The van der Waals surface area contributed by atoms with Crippen LogP contribution in [0.15, 0.2) is 35.3 Å². The summed E-state index contributed by atoms with van der Waals surface area (Å²) in [5.74, 6) is 1.70. The lowest BCUT2D eigenvalue weighted by Gasteiger charge is -2.16. The van der Waals surface area contributed by atoms with Crippen LogP contribution in [-0.2, 0) is 11.3 Å². The molecule has 3 aromatic rings. The predicted octanol–water partition coefficient (Wildman–Crippen LogP) is 4.30. The molecule has 1 amide bonds. The van der Waals surface area contributed by atoms with Crippen LogP contribution in [0.2, 0.25) is 0 Å². The maximum atomic E-state index is 13.3. The highest BCUT2D eigenvalue weighted by molar-refractivity contribution is 7.16. The minimum atomic E-state index is -0.406. The first-order valence-corrected chi connectivity index (χ1v) is 11.7. The molecule has 2 aromatic carbocycles. The van der Waals surface area contributed by atoms with E-state index in [2.05, 4.69) is 4.99 Å². The van der Waals surface area contributed by atoms with E-state index >= 15 is 0 Å². The molecule has 0 aliphatic carbocycles. The van der Waals surface area contributed by atoms with Gasteiger partial charge in [-0.25, -0.2) is 0 Å². The van der Waals surface area contributed by atoms with Gasteiger partial charge in [0.1, 0.15) is 11.3 Å². The molecule has 178 valence electrons. The summed E-state index contributed by atoms with van der Waals surface area (Å²) in [4.78, 5) is 18.3. The standard InChI is InChI=1S/C24H30N2O6S/c1-6-30-18-14-16(15-19(31-7-2)22(18)32-8-3)23(27)25-24-26(12-13-28-4)21-17(29-5)10-9-11-20(21)33-24/h9-11,14-15H,6-8,12-13H2,1-5H3. The maximum Gasteiger partial charge on any atom is 0.279 e. The zero-order valence-corrected chi connectivity index (χ0v) is 20.5. The topological polar surface area (TPSA) is 80.5 Å². The van der Waals surface area contributed by atoms with Gasteiger partial charge in [-0.05, 0) is 45.0 Å². The fraction of sp³-hybridized carbons (Fsp3) is 0.417. The van der Waals surface area contributed by atoms with Crippen LogP contribution in [0.25, 0.3) is 10.2 Å². The quantitative estimate of drug-likeness (QED) is 0.412. The Hall–Kier alpha value is -3.04. The van der Waals surface area contributed by atoms with Gasteiger partial charge in [0.15, 0.2) is 16.3 Å². The number of ether oxygens (including phenoxy) is 5. The van der Waals surface area contributed by atoms with E-state index in [1.807, 2.05) is 43.5 Å². The van der Waals surface area contributed by atoms with E-state index in [1.165, 1.54) is 11.3 Å². The van der Waals surface area contributed by atoms with Crippen LogP contribution < -0.4 is 23.7 Å². The second-order valence-corrected chi connectivity index (χ2v) is 7.86. The van der Waals surface area contributed by atoms with Crippen molar-refractivity contribution in [2.75, 3.05) is 40.6 Å². The van der Waals surface area contributed by atoms with Crippen molar-refractivity contribution in [3.8, 4) is 23.0 Å². The molecule has 8 nitrogen and oxygen atoms in total. The maximum absolute atomic E-state index is 13.3. The number of benzene rings is 2. The zero-order chi connectivity index (χ0) is 23.8. The average Bonchev–Trinajstić information content (AvgIpc) is 3.16. The van der Waals surface area contributed by atoms with Gasteiger partial charge in [-0.3, -0.25) is 4.79 Å². The number of carbonyl (C=O) groups is 1. The van der Waals surface area contributed by atoms with Crippen molar-refractivity contribution < 1.29 is 28.5 Å². The molecule has 3 rings (SSSR count). The lowest BCUT2D eigenvalue weighted by atomic mass is 10.1. The highest BCUT2D eigenvalue weighted by Gasteiger charge is 2.19. The van der Waals surface area contributed by atoms with Crippen molar-refractivity contribution in [1.82, 2.24) is 4.57 Å². The van der Waals surface area contributed by atoms with Gasteiger partial charge in [0.05, 0.1) is 38.2 Å². The Morgan fingerprint density at radius 1 is 0.970 bits per heavy atom. The van der Waals surface area contributed by atoms with Gasteiger partial charge in [-0.15, -0.1) is 0 Å². The molecule has 1 aromatic heterocycles. The second-order valence-electron chi connectivity index (χ2n) is 6.85. The molecular formula is C24H30N2O6S. The summed E-state index contributed by atoms with van der Waals surface area (Å²) in [6.45, 7) is 7.92. The monoisotopic (exact) mass is 474 g/mol. The molecule has 0 fully saturated rings. The Morgan fingerprint density at radius 2 is 1.64 bits per heavy atom. The van der Waals surface area contributed by atoms with Crippen LogP contribution in [-0.4, -0.2) is 51.1 Å². The first-order valence-electron chi connectivity index (χ1n) is 10.9. The third-order valence-electron chi connectivity index (χ3n) is 4.76. The number of amides is 1. The lowest BCUT2D eigenvalue weighted by Crippen LogP contribution is -2.19. The van der Waals surface area contributed by atoms with Crippen molar-refractivity contribution in [2.45, 2.75) is 27.3 Å². The summed E-state index contributed by atoms with van der Waals surface area (Å²) in [5.41, 5.74) is 1.23. The highest BCUT2D eigenvalue weighted by atomic mass is 32.1. The molecule has 0 saturated heterocycles. The van der Waals surface area contributed by atoms with Crippen LogP contribution >= 0.6 is 11.3 Å². The third kappa shape index (κ3) is 5.48. The molecule has 1 heterocycles. The molecule has 33 heavy (non-hydrogen) atoms. The van der Waals surface area contributed by atoms with Crippen molar-refractivity contribution in [2.24, 2.45) is 4.99 Å². The fourth-order valence-electron chi connectivity index (χ4n) is 3.40. The van der Waals surface area contributed by atoms with Gasteiger partial charge in [-0.1, -0.05) is 17.4 Å². The number of methoxy groups -OCH3 is 2. The van der Waals surface area contributed by atoms with E-state index in [9.17, 15) is 4.79 Å². The van der Waals surface area contributed by atoms with Crippen LogP contribution in [0.5, 0.6) is 23.0 Å². The molecule has 0 N–H and O–H groups in total. The van der Waals surface area contributed by atoms with Crippen molar-refractivity contribution >= 4 is 27.5 Å². The number of aromatic nitrogens is 1. The largest absolute Gasteiger partial charge is 0.495 e. The van der Waals surface area contributed by atoms with E-state index in [0.29, 0.717) is 66.3 Å². The van der Waals surface area contributed by atoms with Crippen molar-refractivity contribution in [3.63, 3.8) is 0 Å². The first-order chi connectivity index (χ1) is 16.1. The van der Waals surface area contributed by atoms with Gasteiger partial charge < -0.3 is 28.3 Å². The van der Waals surface area contributed by atoms with E-state index in [0.717, 1.165) is 10.2 Å². The van der Waals surface area contributed by atoms with Crippen LogP contribution in [0, 0.1) is 0 Å². The minimum Gasteiger partial charge on any atom is -0.495 e. The normalized spacial score (nSPS) is 11.6. The number of hydrogen-bond donors (Lipinski definition) is 0. The number of rotatable bonds is 11. The molecule has 0 aliphatic rings. The number of hydrogen-bond acceptors (Lipinski definition) is 7. The molecule has 0 aliphatic heterocycles. The lowest BCUT2D eigenvalue weighted by molar-refractivity contribution is 0.0996. The van der Waals surface area contributed by atoms with Crippen LogP contribution in [0.1, 0.15) is 31.1 Å². The van der Waals surface area contributed by atoms with Gasteiger partial charge in [0.2, 0.25) is 5.75 Å². The molecule has 9 heteroatoms. The Kier molecular flexibility index (Phi) is 8.73. The number of carbonyl (C=O) groups excluding carboxylic acids is 1. The van der Waals surface area contributed by atoms with E-state index in [1.54, 1.807) is 26.4 Å². The molecule has 0 atom stereocenters. The Morgan fingerprint density at radius 3 is 2.21 bits per heavy atom. The first kappa shape index (κ1) is 24.6. The molecular weight excluding hydrogens is 444 g/mol. The number of nitrogens with zero attached hydrogens (tertiary/aromatic N) is 2. The molecule has 0 spiro atoms. The summed E-state index contributed by atoms with van der Waals surface area (Å²) in [7, 11) is 3.26. The smallest absolute Gasteiger partial charge is 0.279 e. The molecule has 0 unspecified atom stereocenters. The second kappa shape index (κ2) is 11.7. The SMILES string of the molecule is CCOc1cc(C(=O)N=c2sc3cccc(OC)c3n2CCOC)cc(OCC)c1OCC. The number of fused-ring (bicyclic) bond motifs is 1. The van der Waals surface area contributed by atoms with E-state index in [-0.39, 0.29) is 0 Å². The fourth-order valence-corrected chi connectivity index (χ4v) is 4.47. The minimum absolute atomic E-state index is 0.355. The summed E-state index contributed by atoms with van der Waals surface area (Å²) in [6.07, 6.45) is 0. The molecule has 0 saturated carbocycles. The summed E-state index contributed by atoms with van der Waals surface area (Å²) < 4.78 is 30.9. The Bertz CT molecular complexity index is 1140. The van der Waals surface area contributed by atoms with Gasteiger partial charge >= 0.3 is 0 Å². The third-order valence-corrected chi connectivity index (χ3v) is 5.80. The van der Waals surface area contributed by atoms with Crippen molar-refractivity contribution in [3.05, 3.63) is 40.7 Å². The Labute approximate surface area is 197 Å². The van der Waals surface area contributed by atoms with E-state index < -0.39 is 5.91 Å². The van der Waals surface area contributed by atoms with Gasteiger partial charge in [0, 0.05) is 19.2 Å². The zero-order valence-electron chi connectivity index (χ0n) is 19.7. The molecule has 0 radical (unpaired) electrons. The van der Waals surface area contributed by atoms with Crippen molar-refractivity contribution in [1.29, 1.82) is 0 Å². The summed E-state index contributed by atoms with van der Waals surface area (Å²) >= 11 is 1.42. The predicted molar refractivity (Wildman–Crippen MR) is 128 cm³/mol. The average molecular weight is 475 g/mol. The van der Waals surface area contributed by atoms with Crippen LogP contribution in [0.3, 0.4) is 0 Å². The number of para-hydroxylation sites is 1. The summed E-state index contributed by atoms with van der Waals surface area (Å²) in [6, 6.07) is 9.08. The number of thiazole rings is 1. The van der Waals surface area contributed by atoms with E-state index in [4.69, 9.17) is 23.7 Å². The van der Waals surface area contributed by atoms with Gasteiger partial charge in [0.25, 0.3) is 5.91 Å². The molecule has 0 bridgehead atoms. The highest BCUT2D eigenvalue weighted by Crippen LogP contribution is 2.39. The Balaban J connectivity index is 2.15.